The van der Waals surface area contributed by atoms with Gasteiger partial charge in [-0.2, -0.15) is 5.10 Å². The summed E-state index contributed by atoms with van der Waals surface area (Å²) in [6.07, 6.45) is 12.2. The largest absolute Gasteiger partial charge is 0.358 e. The zero-order valence-corrected chi connectivity index (χ0v) is 20.8. The first-order valence-corrected chi connectivity index (χ1v) is 12.9. The van der Waals surface area contributed by atoms with Crippen LogP contribution in [0.4, 0.5) is 5.69 Å². The van der Waals surface area contributed by atoms with Crippen molar-refractivity contribution in [2.45, 2.75) is 25.7 Å². The van der Waals surface area contributed by atoms with E-state index in [-0.39, 0.29) is 0 Å². The third kappa shape index (κ3) is 4.00. The van der Waals surface area contributed by atoms with Gasteiger partial charge >= 0.3 is 0 Å². The highest BCUT2D eigenvalue weighted by Crippen LogP contribution is 2.34. The van der Waals surface area contributed by atoms with Crippen molar-refractivity contribution in [3.63, 3.8) is 0 Å². The second kappa shape index (κ2) is 9.23. The van der Waals surface area contributed by atoms with E-state index in [1.165, 1.54) is 25.7 Å². The molecule has 0 radical (unpaired) electrons. The fourth-order valence-electron chi connectivity index (χ4n) is 5.36. The number of rotatable bonds is 6. The van der Waals surface area contributed by atoms with E-state index in [1.54, 1.807) is 12.4 Å². The SMILES string of the molecule is C=C(Nc1cncc(-c2ccc3[nH]nc(-c4cc5c(-c6ccccn6)ccnc5[nH]4)c3n2)c1)C1CCCC1. The van der Waals surface area contributed by atoms with Crippen LogP contribution in [-0.4, -0.2) is 35.1 Å². The lowest BCUT2D eigenvalue weighted by Gasteiger charge is -2.15. The predicted molar refractivity (Wildman–Crippen MR) is 150 cm³/mol. The van der Waals surface area contributed by atoms with Gasteiger partial charge in [-0.05, 0) is 61.2 Å². The number of nitrogens with one attached hydrogen (secondary N) is 3. The van der Waals surface area contributed by atoms with Crippen molar-refractivity contribution >= 4 is 27.8 Å². The van der Waals surface area contributed by atoms with Crippen molar-refractivity contribution in [2.75, 3.05) is 5.32 Å². The molecule has 8 nitrogen and oxygen atoms in total. The monoisotopic (exact) mass is 498 g/mol. The lowest BCUT2D eigenvalue weighted by Crippen LogP contribution is -2.07. The Hall–Kier alpha value is -4.85. The van der Waals surface area contributed by atoms with E-state index in [1.807, 2.05) is 48.8 Å². The van der Waals surface area contributed by atoms with Crippen LogP contribution in [0.3, 0.4) is 0 Å². The number of aromatic amines is 2. The maximum Gasteiger partial charge on any atom is 0.138 e. The van der Waals surface area contributed by atoms with Crippen LogP contribution in [0.15, 0.2) is 85.6 Å². The van der Waals surface area contributed by atoms with Crippen molar-refractivity contribution in [1.82, 2.24) is 35.1 Å². The third-order valence-electron chi connectivity index (χ3n) is 7.32. The molecule has 186 valence electrons. The van der Waals surface area contributed by atoms with Crippen LogP contribution in [0.2, 0.25) is 0 Å². The summed E-state index contributed by atoms with van der Waals surface area (Å²) in [6.45, 7) is 4.28. The number of aromatic nitrogens is 7. The molecule has 0 atom stereocenters. The number of allylic oxidation sites excluding steroid dienone is 1. The van der Waals surface area contributed by atoms with Gasteiger partial charge in [0.05, 0.1) is 34.5 Å². The summed E-state index contributed by atoms with van der Waals surface area (Å²) in [4.78, 5) is 21.9. The minimum atomic E-state index is 0.533. The van der Waals surface area contributed by atoms with Gasteiger partial charge in [0.15, 0.2) is 0 Å². The predicted octanol–water partition coefficient (Wildman–Crippen LogP) is 6.74. The zero-order valence-electron chi connectivity index (χ0n) is 20.8. The van der Waals surface area contributed by atoms with Gasteiger partial charge in [0.2, 0.25) is 0 Å². The van der Waals surface area contributed by atoms with Crippen LogP contribution in [0.1, 0.15) is 25.7 Å². The Morgan fingerprint density at radius 2 is 1.87 bits per heavy atom. The van der Waals surface area contributed by atoms with E-state index >= 15 is 0 Å². The van der Waals surface area contributed by atoms with Crippen LogP contribution in [0, 0.1) is 5.92 Å². The summed E-state index contributed by atoms with van der Waals surface area (Å²) in [7, 11) is 0. The molecule has 0 amide bonds. The Labute approximate surface area is 219 Å². The van der Waals surface area contributed by atoms with E-state index < -0.39 is 0 Å². The maximum absolute atomic E-state index is 4.99. The van der Waals surface area contributed by atoms with Crippen molar-refractivity contribution in [3.05, 3.63) is 85.6 Å². The maximum atomic E-state index is 4.99. The highest BCUT2D eigenvalue weighted by molar-refractivity contribution is 5.98. The number of hydrogen-bond donors (Lipinski definition) is 3. The summed E-state index contributed by atoms with van der Waals surface area (Å²) < 4.78 is 0. The van der Waals surface area contributed by atoms with Crippen LogP contribution < -0.4 is 5.32 Å². The third-order valence-corrected chi connectivity index (χ3v) is 7.32. The van der Waals surface area contributed by atoms with Gasteiger partial charge in [0.1, 0.15) is 16.9 Å². The molecule has 1 fully saturated rings. The van der Waals surface area contributed by atoms with Crippen LogP contribution in [0.5, 0.6) is 0 Å². The summed E-state index contributed by atoms with van der Waals surface area (Å²) in [5.41, 5.74) is 9.66. The molecule has 0 bridgehead atoms. The Kier molecular flexibility index (Phi) is 5.43. The standard InChI is InChI=1S/C30H26N8/c1-18(19-6-2-3-7-19)34-21-14-20(16-31-17-21)24-9-10-26-28(35-24)29(38-37-26)27-15-23-22(11-13-33-30(23)36-27)25-8-4-5-12-32-25/h4-5,8-17,19,34H,1-3,6-7H2,(H,33,36)(H,37,38). The molecule has 6 aromatic heterocycles. The van der Waals surface area contributed by atoms with Crippen molar-refractivity contribution in [1.29, 1.82) is 0 Å². The zero-order chi connectivity index (χ0) is 25.5. The molecule has 1 saturated carbocycles. The lowest BCUT2D eigenvalue weighted by molar-refractivity contribution is 0.649. The van der Waals surface area contributed by atoms with Crippen molar-refractivity contribution in [2.24, 2.45) is 5.92 Å². The lowest BCUT2D eigenvalue weighted by atomic mass is 10.0. The number of fused-ring (bicyclic) bond motifs is 2. The molecule has 0 unspecified atom stereocenters. The van der Waals surface area contributed by atoms with Crippen LogP contribution in [0.25, 0.3) is 56.0 Å². The van der Waals surface area contributed by atoms with Crippen molar-refractivity contribution in [3.8, 4) is 33.9 Å². The molecule has 0 saturated heterocycles. The van der Waals surface area contributed by atoms with Gasteiger partial charge in [-0.3, -0.25) is 15.1 Å². The van der Waals surface area contributed by atoms with Crippen LogP contribution >= 0.6 is 0 Å². The molecule has 1 aliphatic carbocycles. The number of anilines is 1. The summed E-state index contributed by atoms with van der Waals surface area (Å²) in [5.74, 6) is 0.533. The molecule has 38 heavy (non-hydrogen) atoms. The van der Waals surface area contributed by atoms with E-state index in [4.69, 9.17) is 4.98 Å². The van der Waals surface area contributed by atoms with Crippen LogP contribution in [-0.2, 0) is 0 Å². The molecule has 1 aliphatic rings. The normalized spacial score (nSPS) is 13.9. The Bertz CT molecular complexity index is 1780. The van der Waals surface area contributed by atoms with Gasteiger partial charge < -0.3 is 10.3 Å². The van der Waals surface area contributed by atoms with Crippen molar-refractivity contribution < 1.29 is 0 Å². The first kappa shape index (κ1) is 22.4. The number of H-pyrrole nitrogens is 2. The van der Waals surface area contributed by atoms with Gasteiger partial charge in [-0.15, -0.1) is 0 Å². The van der Waals surface area contributed by atoms with E-state index in [9.17, 15) is 0 Å². The van der Waals surface area contributed by atoms with E-state index in [0.717, 1.165) is 67.4 Å². The van der Waals surface area contributed by atoms with Gasteiger partial charge in [-0.25, -0.2) is 9.97 Å². The molecule has 0 spiro atoms. The number of pyridine rings is 4. The fourth-order valence-corrected chi connectivity index (χ4v) is 5.36. The smallest absolute Gasteiger partial charge is 0.138 e. The topological polar surface area (TPSA) is 108 Å². The summed E-state index contributed by atoms with van der Waals surface area (Å²) in [6, 6.07) is 16.0. The summed E-state index contributed by atoms with van der Waals surface area (Å²) in [5, 5.41) is 12.2. The second-order valence-electron chi connectivity index (χ2n) is 9.78. The first-order valence-electron chi connectivity index (χ1n) is 12.9. The molecule has 6 heterocycles. The molecule has 0 aromatic carbocycles. The second-order valence-corrected chi connectivity index (χ2v) is 9.78. The fraction of sp³-hybridized carbons (Fsp3) is 0.167. The summed E-state index contributed by atoms with van der Waals surface area (Å²) >= 11 is 0. The van der Waals surface area contributed by atoms with Gasteiger partial charge in [0, 0.05) is 40.8 Å². The molecule has 8 heteroatoms. The highest BCUT2D eigenvalue weighted by atomic mass is 15.1. The van der Waals surface area contributed by atoms with Gasteiger partial charge in [-0.1, -0.05) is 25.5 Å². The first-order chi connectivity index (χ1) is 18.7. The molecular formula is C30H26N8. The van der Waals surface area contributed by atoms with E-state index in [2.05, 4.69) is 54.2 Å². The molecule has 7 rings (SSSR count). The minimum absolute atomic E-state index is 0.533. The number of hydrogen-bond acceptors (Lipinski definition) is 6. The molecule has 6 aromatic rings. The molecular weight excluding hydrogens is 472 g/mol. The molecule has 3 N–H and O–H groups in total. The quantitative estimate of drug-likeness (QED) is 0.235. The average Bonchev–Trinajstić information content (AvgIpc) is 3.73. The number of nitrogens with zero attached hydrogens (tertiary/aromatic N) is 5. The highest BCUT2D eigenvalue weighted by Gasteiger charge is 2.19. The average molecular weight is 499 g/mol. The Balaban J connectivity index is 1.25. The minimum Gasteiger partial charge on any atom is -0.358 e. The van der Waals surface area contributed by atoms with Gasteiger partial charge in [0.25, 0.3) is 0 Å². The molecule has 0 aliphatic heterocycles. The van der Waals surface area contributed by atoms with E-state index in [0.29, 0.717) is 5.92 Å². The Morgan fingerprint density at radius 1 is 0.947 bits per heavy atom. The Morgan fingerprint density at radius 3 is 2.74 bits per heavy atom.